The Kier molecular flexibility index (Phi) is 3.12. The van der Waals surface area contributed by atoms with E-state index in [9.17, 15) is 0 Å². The van der Waals surface area contributed by atoms with Gasteiger partial charge in [0.25, 0.3) is 0 Å². The monoisotopic (exact) mass is 300 g/mol. The molecular weight excluding hydrogens is 280 g/mol. The van der Waals surface area contributed by atoms with Gasteiger partial charge >= 0.3 is 0 Å². The summed E-state index contributed by atoms with van der Waals surface area (Å²) in [5.74, 6) is 0. The van der Waals surface area contributed by atoms with Crippen LogP contribution in [0, 0.1) is 0 Å². The number of anilines is 2. The second-order valence-electron chi connectivity index (χ2n) is 6.50. The van der Waals surface area contributed by atoms with E-state index in [1.54, 1.807) is 0 Å². The summed E-state index contributed by atoms with van der Waals surface area (Å²) in [6, 6.07) is 25.5. The van der Waals surface area contributed by atoms with Crippen LogP contribution in [0.3, 0.4) is 0 Å². The van der Waals surface area contributed by atoms with E-state index in [-0.39, 0.29) is 5.41 Å². The maximum absolute atomic E-state index is 5.90. The van der Waals surface area contributed by atoms with Gasteiger partial charge in [-0.1, -0.05) is 48.5 Å². The molecule has 0 heterocycles. The first-order valence-electron chi connectivity index (χ1n) is 7.96. The molecule has 0 radical (unpaired) electrons. The van der Waals surface area contributed by atoms with Crippen molar-refractivity contribution in [2.24, 2.45) is 0 Å². The van der Waals surface area contributed by atoms with Gasteiger partial charge in [0.15, 0.2) is 0 Å². The summed E-state index contributed by atoms with van der Waals surface area (Å²) in [6.07, 6.45) is 1.99. The van der Waals surface area contributed by atoms with E-state index < -0.39 is 0 Å². The molecule has 0 saturated heterocycles. The molecule has 3 aromatic carbocycles. The number of nitrogen functional groups attached to an aromatic ring is 2. The summed E-state index contributed by atoms with van der Waals surface area (Å²) in [6.45, 7) is 0. The zero-order chi connectivity index (χ0) is 15.9. The number of benzene rings is 3. The van der Waals surface area contributed by atoms with Crippen molar-refractivity contribution < 1.29 is 0 Å². The molecule has 4 N–H and O–H groups in total. The second kappa shape index (κ2) is 5.17. The SMILES string of the molecule is Nc1ccc(C2(c3ccc(N)cc3)Cc3cccc(c3)C2)cc1. The van der Waals surface area contributed by atoms with Crippen LogP contribution < -0.4 is 11.5 Å². The van der Waals surface area contributed by atoms with Gasteiger partial charge in [-0.2, -0.15) is 0 Å². The fraction of sp³-hybridized carbons (Fsp3) is 0.143. The summed E-state index contributed by atoms with van der Waals surface area (Å²) in [5, 5.41) is 0. The maximum Gasteiger partial charge on any atom is 0.0314 e. The quantitative estimate of drug-likeness (QED) is 0.704. The van der Waals surface area contributed by atoms with Gasteiger partial charge in [0.1, 0.15) is 0 Å². The lowest BCUT2D eigenvalue weighted by Gasteiger charge is -2.39. The fourth-order valence-corrected chi connectivity index (χ4v) is 3.79. The highest BCUT2D eigenvalue weighted by atomic mass is 14.5. The van der Waals surface area contributed by atoms with E-state index >= 15 is 0 Å². The molecule has 1 aliphatic carbocycles. The lowest BCUT2D eigenvalue weighted by molar-refractivity contribution is 0.493. The smallest absolute Gasteiger partial charge is 0.0314 e. The van der Waals surface area contributed by atoms with Crippen LogP contribution in [0.4, 0.5) is 11.4 Å². The highest BCUT2D eigenvalue weighted by molar-refractivity contribution is 5.52. The van der Waals surface area contributed by atoms with E-state index in [0.29, 0.717) is 0 Å². The zero-order valence-corrected chi connectivity index (χ0v) is 13.0. The summed E-state index contributed by atoms with van der Waals surface area (Å²) in [7, 11) is 0. The molecule has 114 valence electrons. The molecule has 1 aliphatic rings. The topological polar surface area (TPSA) is 52.0 Å². The van der Waals surface area contributed by atoms with Gasteiger partial charge in [0, 0.05) is 16.8 Å². The van der Waals surface area contributed by atoms with E-state index in [2.05, 4.69) is 48.5 Å². The number of rotatable bonds is 2. The largest absolute Gasteiger partial charge is 0.399 e. The number of fused-ring (bicyclic) bond motifs is 2. The summed E-state index contributed by atoms with van der Waals surface area (Å²) < 4.78 is 0. The predicted molar refractivity (Wildman–Crippen MR) is 96.3 cm³/mol. The van der Waals surface area contributed by atoms with Crippen LogP contribution in [-0.2, 0) is 18.3 Å². The Morgan fingerprint density at radius 3 is 1.48 bits per heavy atom. The van der Waals surface area contributed by atoms with Crippen molar-refractivity contribution >= 4 is 11.4 Å². The molecule has 23 heavy (non-hydrogen) atoms. The van der Waals surface area contributed by atoms with E-state index in [1.807, 2.05) is 24.3 Å². The second-order valence-corrected chi connectivity index (χ2v) is 6.50. The standard InChI is InChI=1S/C21H20N2/c22-19-8-4-17(5-9-19)21(18-6-10-20(23)11-7-18)13-15-2-1-3-16(12-15)14-21/h1-12H,13-14,22-23H2. The van der Waals surface area contributed by atoms with Crippen molar-refractivity contribution in [3.05, 3.63) is 95.1 Å². The summed E-state index contributed by atoms with van der Waals surface area (Å²) in [4.78, 5) is 0. The van der Waals surface area contributed by atoms with Crippen LogP contribution in [0.1, 0.15) is 22.3 Å². The average molecular weight is 300 g/mol. The molecule has 0 atom stereocenters. The summed E-state index contributed by atoms with van der Waals surface area (Å²) >= 11 is 0. The molecule has 2 bridgehead atoms. The van der Waals surface area contributed by atoms with Crippen molar-refractivity contribution in [3.8, 4) is 0 Å². The average Bonchev–Trinajstić information content (AvgIpc) is 2.55. The molecule has 0 saturated carbocycles. The first kappa shape index (κ1) is 13.9. The van der Waals surface area contributed by atoms with E-state index in [1.165, 1.54) is 22.3 Å². The molecule has 0 amide bonds. The Balaban J connectivity index is 1.90. The van der Waals surface area contributed by atoms with Crippen LogP contribution in [-0.4, -0.2) is 0 Å². The molecule has 3 aromatic rings. The lowest BCUT2D eigenvalue weighted by atomic mass is 9.64. The molecule has 0 spiro atoms. The Morgan fingerprint density at radius 1 is 0.609 bits per heavy atom. The van der Waals surface area contributed by atoms with Gasteiger partial charge < -0.3 is 11.5 Å². The first-order chi connectivity index (χ1) is 11.2. The first-order valence-corrected chi connectivity index (χ1v) is 7.96. The minimum atomic E-state index is -0.0535. The molecule has 2 nitrogen and oxygen atoms in total. The van der Waals surface area contributed by atoms with E-state index in [0.717, 1.165) is 24.2 Å². The molecule has 0 aliphatic heterocycles. The minimum absolute atomic E-state index is 0.0535. The van der Waals surface area contributed by atoms with Gasteiger partial charge in [-0.05, 0) is 59.4 Å². The third-order valence-corrected chi connectivity index (χ3v) is 4.93. The molecule has 0 fully saturated rings. The fourth-order valence-electron chi connectivity index (χ4n) is 3.79. The van der Waals surface area contributed by atoms with Crippen molar-refractivity contribution in [2.75, 3.05) is 11.5 Å². The Bertz CT molecular complexity index is 764. The third kappa shape index (κ3) is 2.36. The number of nitrogens with two attached hydrogens (primary N) is 2. The predicted octanol–water partition coefficient (Wildman–Crippen LogP) is 3.94. The molecular formula is C21H20N2. The Labute approximate surface area is 136 Å². The lowest BCUT2D eigenvalue weighted by Crippen LogP contribution is -2.35. The van der Waals surface area contributed by atoms with Crippen LogP contribution in [0.5, 0.6) is 0 Å². The molecule has 4 rings (SSSR count). The van der Waals surface area contributed by atoms with Gasteiger partial charge in [0.05, 0.1) is 0 Å². The van der Waals surface area contributed by atoms with Crippen LogP contribution in [0.15, 0.2) is 72.8 Å². The highest BCUT2D eigenvalue weighted by Crippen LogP contribution is 2.42. The number of hydrogen-bond acceptors (Lipinski definition) is 2. The van der Waals surface area contributed by atoms with Gasteiger partial charge in [-0.3, -0.25) is 0 Å². The molecule has 0 aromatic heterocycles. The van der Waals surface area contributed by atoms with Gasteiger partial charge in [-0.25, -0.2) is 0 Å². The van der Waals surface area contributed by atoms with Crippen LogP contribution >= 0.6 is 0 Å². The highest BCUT2D eigenvalue weighted by Gasteiger charge is 2.37. The van der Waals surface area contributed by atoms with Crippen molar-refractivity contribution in [1.29, 1.82) is 0 Å². The number of hydrogen-bond donors (Lipinski definition) is 2. The Morgan fingerprint density at radius 2 is 1.04 bits per heavy atom. The molecule has 0 unspecified atom stereocenters. The van der Waals surface area contributed by atoms with Gasteiger partial charge in [0.2, 0.25) is 0 Å². The van der Waals surface area contributed by atoms with Crippen molar-refractivity contribution in [2.45, 2.75) is 18.3 Å². The maximum atomic E-state index is 5.90. The van der Waals surface area contributed by atoms with Crippen molar-refractivity contribution in [1.82, 2.24) is 0 Å². The van der Waals surface area contributed by atoms with Crippen LogP contribution in [0.2, 0.25) is 0 Å². The van der Waals surface area contributed by atoms with E-state index in [4.69, 9.17) is 11.5 Å². The summed E-state index contributed by atoms with van der Waals surface area (Å²) in [5.41, 5.74) is 18.7. The Hall–Kier alpha value is -2.74. The zero-order valence-electron chi connectivity index (χ0n) is 13.0. The molecule has 2 heteroatoms. The third-order valence-electron chi connectivity index (χ3n) is 4.93. The minimum Gasteiger partial charge on any atom is -0.399 e. The van der Waals surface area contributed by atoms with Crippen molar-refractivity contribution in [3.63, 3.8) is 0 Å². The van der Waals surface area contributed by atoms with Gasteiger partial charge in [-0.15, -0.1) is 0 Å². The van der Waals surface area contributed by atoms with Crippen LogP contribution in [0.25, 0.3) is 0 Å². The normalized spacial score (nSPS) is 15.3.